The molecule has 0 aromatic heterocycles. The van der Waals surface area contributed by atoms with Crippen molar-refractivity contribution in [2.75, 3.05) is 13.2 Å². The van der Waals surface area contributed by atoms with Crippen LogP contribution < -0.4 is 10.1 Å². The van der Waals surface area contributed by atoms with Gasteiger partial charge in [-0.15, -0.1) is 0 Å². The maximum Gasteiger partial charge on any atom is 0.315 e. The molecule has 0 spiro atoms. The average Bonchev–Trinajstić information content (AvgIpc) is 2.33. The minimum Gasteiger partial charge on any atom is -0.486 e. The summed E-state index contributed by atoms with van der Waals surface area (Å²) in [6.45, 7) is 9.16. The summed E-state index contributed by atoms with van der Waals surface area (Å²) in [7, 11) is 0. The van der Waals surface area contributed by atoms with Crippen LogP contribution in [0.15, 0.2) is 16.6 Å². The van der Waals surface area contributed by atoms with E-state index in [9.17, 15) is 14.5 Å². The molecule has 0 fully saturated rings. The normalized spacial score (nSPS) is 13.0. The number of nitro benzene ring substituents is 1. The molecule has 0 heterocycles. The third-order valence-electron chi connectivity index (χ3n) is 2.68. The van der Waals surface area contributed by atoms with E-state index in [1.165, 1.54) is 0 Å². The van der Waals surface area contributed by atoms with Crippen molar-refractivity contribution in [3.63, 3.8) is 0 Å². The Morgan fingerprint density at radius 1 is 1.48 bits per heavy atom. The molecule has 5 nitrogen and oxygen atoms in total. The van der Waals surface area contributed by atoms with Gasteiger partial charge in [0, 0.05) is 18.0 Å². The Labute approximate surface area is 132 Å². The molecule has 1 aromatic rings. The molecule has 1 rings (SSSR count). The first-order chi connectivity index (χ1) is 9.60. The zero-order chi connectivity index (χ0) is 16.2. The number of nitrogens with zero attached hydrogens (tertiary/aromatic N) is 1. The first-order valence-corrected chi connectivity index (χ1v) is 7.40. The van der Waals surface area contributed by atoms with Crippen molar-refractivity contribution in [3.8, 4) is 5.75 Å². The van der Waals surface area contributed by atoms with Crippen LogP contribution in [0, 0.1) is 21.8 Å². The summed E-state index contributed by atoms with van der Waals surface area (Å²) in [5.41, 5.74) is -0.380. The van der Waals surface area contributed by atoms with Gasteiger partial charge in [-0.2, -0.15) is 0 Å². The van der Waals surface area contributed by atoms with Crippen LogP contribution in [0.1, 0.15) is 27.7 Å². The Balaban J connectivity index is 2.73. The van der Waals surface area contributed by atoms with Gasteiger partial charge in [-0.25, -0.2) is 4.39 Å². The molecule has 0 saturated carbocycles. The standard InChI is InChI=1S/C14H20BrFN2O3/c1-9(7-17-14(2,3)4)8-21-13-11(15)5-10(16)6-12(13)18(19)20/h5-6,9,17H,7-8H2,1-4H3. The zero-order valence-electron chi connectivity index (χ0n) is 12.6. The molecule has 7 heteroatoms. The van der Waals surface area contributed by atoms with Crippen LogP contribution in [0.5, 0.6) is 5.75 Å². The van der Waals surface area contributed by atoms with E-state index in [1.807, 2.05) is 6.92 Å². The summed E-state index contributed by atoms with van der Waals surface area (Å²) in [6, 6.07) is 2.01. The summed E-state index contributed by atoms with van der Waals surface area (Å²) >= 11 is 3.10. The number of hydrogen-bond donors (Lipinski definition) is 1. The topological polar surface area (TPSA) is 64.4 Å². The lowest BCUT2D eigenvalue weighted by atomic mass is 10.1. The maximum atomic E-state index is 13.2. The lowest BCUT2D eigenvalue weighted by molar-refractivity contribution is -0.386. The van der Waals surface area contributed by atoms with Crippen LogP contribution in [0.4, 0.5) is 10.1 Å². The summed E-state index contributed by atoms with van der Waals surface area (Å²) in [5.74, 6) is -0.465. The van der Waals surface area contributed by atoms with Gasteiger partial charge in [0.15, 0.2) is 0 Å². The van der Waals surface area contributed by atoms with E-state index in [4.69, 9.17) is 4.74 Å². The van der Waals surface area contributed by atoms with Gasteiger partial charge in [-0.05, 0) is 42.8 Å². The quantitative estimate of drug-likeness (QED) is 0.615. The Kier molecular flexibility index (Phi) is 6.10. The summed E-state index contributed by atoms with van der Waals surface area (Å²) in [4.78, 5) is 10.3. The first-order valence-electron chi connectivity index (χ1n) is 6.61. The third kappa shape index (κ3) is 5.97. The maximum absolute atomic E-state index is 13.2. The van der Waals surface area contributed by atoms with Crippen molar-refractivity contribution >= 4 is 21.6 Å². The van der Waals surface area contributed by atoms with Crippen molar-refractivity contribution < 1.29 is 14.1 Å². The number of benzene rings is 1. The summed E-state index contributed by atoms with van der Waals surface area (Å²) in [6.07, 6.45) is 0. The number of nitro groups is 1. The fourth-order valence-electron chi connectivity index (χ4n) is 1.59. The minimum absolute atomic E-state index is 0.00326. The molecule has 21 heavy (non-hydrogen) atoms. The molecule has 1 atom stereocenters. The van der Waals surface area contributed by atoms with Crippen molar-refractivity contribution in [1.82, 2.24) is 5.32 Å². The molecule has 0 radical (unpaired) electrons. The fourth-order valence-corrected chi connectivity index (χ4v) is 2.13. The van der Waals surface area contributed by atoms with Gasteiger partial charge in [0.2, 0.25) is 5.75 Å². The van der Waals surface area contributed by atoms with Crippen LogP contribution >= 0.6 is 15.9 Å². The second kappa shape index (κ2) is 7.17. The van der Waals surface area contributed by atoms with E-state index in [-0.39, 0.29) is 27.4 Å². The van der Waals surface area contributed by atoms with Crippen LogP contribution in [0.2, 0.25) is 0 Å². The molecule has 1 N–H and O–H groups in total. The molecule has 0 bridgehead atoms. The van der Waals surface area contributed by atoms with Gasteiger partial charge < -0.3 is 10.1 Å². The van der Waals surface area contributed by atoms with E-state index < -0.39 is 10.7 Å². The first kappa shape index (κ1) is 17.8. The number of nitrogens with one attached hydrogen (secondary N) is 1. The highest BCUT2D eigenvalue weighted by molar-refractivity contribution is 9.10. The molecule has 1 aromatic carbocycles. The number of ether oxygens (including phenoxy) is 1. The molecule has 0 aliphatic rings. The molecule has 118 valence electrons. The molecule has 0 amide bonds. The lowest BCUT2D eigenvalue weighted by Gasteiger charge is -2.23. The third-order valence-corrected chi connectivity index (χ3v) is 3.27. The SMILES string of the molecule is CC(CNC(C)(C)C)COc1c(Br)cc(F)cc1[N+](=O)[O-]. The van der Waals surface area contributed by atoms with E-state index in [2.05, 4.69) is 42.0 Å². The Hall–Kier alpha value is -1.21. The molecule has 0 aliphatic carbocycles. The van der Waals surface area contributed by atoms with Crippen molar-refractivity contribution in [2.45, 2.75) is 33.2 Å². The van der Waals surface area contributed by atoms with Gasteiger partial charge in [0.25, 0.3) is 0 Å². The van der Waals surface area contributed by atoms with E-state index in [0.717, 1.165) is 18.7 Å². The monoisotopic (exact) mass is 362 g/mol. The van der Waals surface area contributed by atoms with Gasteiger partial charge in [-0.1, -0.05) is 6.92 Å². The molecule has 0 saturated heterocycles. The Bertz CT molecular complexity index is 518. The second-order valence-corrected chi connectivity index (χ2v) is 6.89. The van der Waals surface area contributed by atoms with Gasteiger partial charge in [-0.3, -0.25) is 10.1 Å². The lowest BCUT2D eigenvalue weighted by Crippen LogP contribution is -2.39. The van der Waals surface area contributed by atoms with Gasteiger partial charge in [0.05, 0.1) is 22.1 Å². The predicted molar refractivity (Wildman–Crippen MR) is 83.2 cm³/mol. The van der Waals surface area contributed by atoms with Crippen molar-refractivity contribution in [3.05, 3.63) is 32.5 Å². The van der Waals surface area contributed by atoms with Crippen molar-refractivity contribution in [1.29, 1.82) is 0 Å². The molecule has 0 aliphatic heterocycles. The Morgan fingerprint density at radius 3 is 2.62 bits per heavy atom. The largest absolute Gasteiger partial charge is 0.486 e. The predicted octanol–water partition coefficient (Wildman–Crippen LogP) is 3.90. The van der Waals surface area contributed by atoms with Gasteiger partial charge >= 0.3 is 5.69 Å². The summed E-state index contributed by atoms with van der Waals surface area (Å²) < 4.78 is 19.0. The van der Waals surface area contributed by atoms with Crippen molar-refractivity contribution in [2.24, 2.45) is 5.92 Å². The molecular formula is C14H20BrFN2O3. The van der Waals surface area contributed by atoms with Gasteiger partial charge in [0.1, 0.15) is 5.82 Å². The van der Waals surface area contributed by atoms with E-state index in [0.29, 0.717) is 6.61 Å². The molecule has 1 unspecified atom stereocenters. The minimum atomic E-state index is -0.677. The molecular weight excluding hydrogens is 343 g/mol. The van der Waals surface area contributed by atoms with Crippen LogP contribution in [-0.2, 0) is 0 Å². The average molecular weight is 363 g/mol. The number of halogens is 2. The smallest absolute Gasteiger partial charge is 0.315 e. The second-order valence-electron chi connectivity index (χ2n) is 6.04. The zero-order valence-corrected chi connectivity index (χ0v) is 14.2. The summed E-state index contributed by atoms with van der Waals surface area (Å²) in [5, 5.41) is 14.3. The van der Waals surface area contributed by atoms with Crippen LogP contribution in [0.25, 0.3) is 0 Å². The van der Waals surface area contributed by atoms with E-state index >= 15 is 0 Å². The highest BCUT2D eigenvalue weighted by Crippen LogP contribution is 2.36. The Morgan fingerprint density at radius 2 is 2.10 bits per heavy atom. The van der Waals surface area contributed by atoms with Crippen LogP contribution in [0.3, 0.4) is 0 Å². The highest BCUT2D eigenvalue weighted by atomic mass is 79.9. The number of rotatable bonds is 6. The number of hydrogen-bond acceptors (Lipinski definition) is 4. The fraction of sp³-hybridized carbons (Fsp3) is 0.571. The van der Waals surface area contributed by atoms with E-state index in [1.54, 1.807) is 0 Å². The van der Waals surface area contributed by atoms with Crippen LogP contribution in [-0.4, -0.2) is 23.6 Å². The highest BCUT2D eigenvalue weighted by Gasteiger charge is 2.21.